The van der Waals surface area contributed by atoms with Crippen molar-refractivity contribution < 1.29 is 9.47 Å². The average molecular weight is 548 g/mol. The number of aryl methyl sites for hydroxylation is 1. The molecular formula is C23H42IN5O2. The second kappa shape index (κ2) is 15.7. The lowest BCUT2D eigenvalue weighted by molar-refractivity contribution is 0.107. The quantitative estimate of drug-likeness (QED) is 0.192. The van der Waals surface area contributed by atoms with Gasteiger partial charge in [-0.25, -0.2) is 4.99 Å². The van der Waals surface area contributed by atoms with Crippen molar-refractivity contribution in [1.29, 1.82) is 0 Å². The summed E-state index contributed by atoms with van der Waals surface area (Å²) in [5.74, 6) is 1.73. The number of nitrogens with one attached hydrogen (secondary N) is 2. The topological polar surface area (TPSA) is 61.4 Å². The summed E-state index contributed by atoms with van der Waals surface area (Å²) in [5, 5.41) is 6.88. The van der Waals surface area contributed by atoms with Crippen LogP contribution in [0.2, 0.25) is 0 Å². The number of ether oxygens (including phenoxy) is 2. The maximum absolute atomic E-state index is 5.90. The number of likely N-dealkylation sites (N-methyl/N-ethyl adjacent to an activating group) is 1. The van der Waals surface area contributed by atoms with Crippen LogP contribution in [-0.2, 0) is 11.3 Å². The second-order valence-electron chi connectivity index (χ2n) is 7.85. The Hall–Kier alpha value is -1.10. The molecule has 0 bridgehead atoms. The molecule has 1 unspecified atom stereocenters. The molecular weight excluding hydrogens is 505 g/mol. The largest absolute Gasteiger partial charge is 0.491 e. The van der Waals surface area contributed by atoms with E-state index in [1.54, 1.807) is 7.11 Å². The molecule has 0 saturated carbocycles. The van der Waals surface area contributed by atoms with E-state index in [0.29, 0.717) is 25.8 Å². The lowest BCUT2D eigenvalue weighted by Gasteiger charge is -2.37. The van der Waals surface area contributed by atoms with Crippen molar-refractivity contribution in [2.45, 2.75) is 40.3 Å². The van der Waals surface area contributed by atoms with Crippen LogP contribution >= 0.6 is 24.0 Å². The number of nitrogens with zero attached hydrogens (tertiary/aromatic N) is 3. The minimum absolute atomic E-state index is 0. The van der Waals surface area contributed by atoms with Gasteiger partial charge in [0.2, 0.25) is 0 Å². The first-order valence-corrected chi connectivity index (χ1v) is 11.3. The molecule has 0 aromatic heterocycles. The zero-order valence-corrected chi connectivity index (χ0v) is 22.3. The highest BCUT2D eigenvalue weighted by molar-refractivity contribution is 14.0. The van der Waals surface area contributed by atoms with Gasteiger partial charge in [0.1, 0.15) is 12.4 Å². The number of piperazine rings is 1. The van der Waals surface area contributed by atoms with Crippen LogP contribution in [0.5, 0.6) is 5.75 Å². The first kappa shape index (κ1) is 27.9. The van der Waals surface area contributed by atoms with Gasteiger partial charge in [-0.05, 0) is 38.9 Å². The molecule has 1 aliphatic heterocycles. The molecule has 1 fully saturated rings. The third kappa shape index (κ3) is 9.93. The zero-order chi connectivity index (χ0) is 21.8. The minimum atomic E-state index is 0. The Balaban J connectivity index is 0.00000480. The molecule has 31 heavy (non-hydrogen) atoms. The van der Waals surface area contributed by atoms with Crippen molar-refractivity contribution in [3.63, 3.8) is 0 Å². The number of halogens is 1. The van der Waals surface area contributed by atoms with E-state index in [9.17, 15) is 0 Å². The van der Waals surface area contributed by atoms with E-state index in [-0.39, 0.29) is 24.0 Å². The standard InChI is InChI=1S/C23H41N5O2.HI/c1-6-24-23(25-17-20(4)28-12-10-27(7-2)11-13-28)26-18-21-9-8-19(3)16-22(21)30-15-14-29-5;/h8-9,16,20H,6-7,10-15,17-18H2,1-5H3,(H2,24,25,26);1H. The molecule has 0 spiro atoms. The van der Waals surface area contributed by atoms with Crippen LogP contribution in [0.1, 0.15) is 31.9 Å². The van der Waals surface area contributed by atoms with Gasteiger partial charge in [-0.3, -0.25) is 4.90 Å². The monoisotopic (exact) mass is 547 g/mol. The number of rotatable bonds is 11. The molecule has 2 rings (SSSR count). The molecule has 178 valence electrons. The van der Waals surface area contributed by atoms with Crippen LogP contribution in [0, 0.1) is 6.92 Å². The van der Waals surface area contributed by atoms with Crippen LogP contribution < -0.4 is 15.4 Å². The number of guanidine groups is 1. The number of methoxy groups -OCH3 is 1. The van der Waals surface area contributed by atoms with Crippen molar-refractivity contribution in [2.24, 2.45) is 4.99 Å². The summed E-state index contributed by atoms with van der Waals surface area (Å²) in [7, 11) is 1.68. The Morgan fingerprint density at radius 1 is 1.13 bits per heavy atom. The molecule has 1 saturated heterocycles. The van der Waals surface area contributed by atoms with Gasteiger partial charge in [0.25, 0.3) is 0 Å². The van der Waals surface area contributed by atoms with Gasteiger partial charge in [-0.2, -0.15) is 0 Å². The average Bonchev–Trinajstić information content (AvgIpc) is 2.76. The van der Waals surface area contributed by atoms with Gasteiger partial charge in [0.05, 0.1) is 13.2 Å². The highest BCUT2D eigenvalue weighted by atomic mass is 127. The van der Waals surface area contributed by atoms with Crippen molar-refractivity contribution in [3.05, 3.63) is 29.3 Å². The van der Waals surface area contributed by atoms with Crippen molar-refractivity contribution in [3.8, 4) is 5.75 Å². The fourth-order valence-electron chi connectivity index (χ4n) is 3.56. The minimum Gasteiger partial charge on any atom is -0.491 e. The summed E-state index contributed by atoms with van der Waals surface area (Å²) in [6.07, 6.45) is 0. The number of aliphatic imine (C=N–C) groups is 1. The molecule has 0 amide bonds. The second-order valence-corrected chi connectivity index (χ2v) is 7.85. The lowest BCUT2D eigenvalue weighted by Crippen LogP contribution is -2.53. The zero-order valence-electron chi connectivity index (χ0n) is 19.9. The maximum Gasteiger partial charge on any atom is 0.191 e. The van der Waals surface area contributed by atoms with Crippen molar-refractivity contribution in [1.82, 2.24) is 20.4 Å². The number of hydrogen-bond donors (Lipinski definition) is 2. The Kier molecular flexibility index (Phi) is 14.1. The predicted octanol–water partition coefficient (Wildman–Crippen LogP) is 2.72. The molecule has 1 atom stereocenters. The summed E-state index contributed by atoms with van der Waals surface area (Å²) in [6, 6.07) is 6.74. The van der Waals surface area contributed by atoms with E-state index >= 15 is 0 Å². The molecule has 7 nitrogen and oxygen atoms in total. The van der Waals surface area contributed by atoms with Crippen LogP contribution in [0.15, 0.2) is 23.2 Å². The van der Waals surface area contributed by atoms with Crippen LogP contribution in [0.4, 0.5) is 0 Å². The van der Waals surface area contributed by atoms with Gasteiger partial charge >= 0.3 is 0 Å². The third-order valence-electron chi connectivity index (χ3n) is 5.56. The van der Waals surface area contributed by atoms with E-state index in [0.717, 1.165) is 63.1 Å². The molecule has 0 radical (unpaired) electrons. The normalized spacial score (nSPS) is 16.5. The fourth-order valence-corrected chi connectivity index (χ4v) is 3.56. The van der Waals surface area contributed by atoms with Crippen LogP contribution in [0.3, 0.4) is 0 Å². The number of hydrogen-bond acceptors (Lipinski definition) is 5. The van der Waals surface area contributed by atoms with Crippen LogP contribution in [-0.4, -0.2) is 87.9 Å². The summed E-state index contributed by atoms with van der Waals surface area (Å²) in [4.78, 5) is 9.87. The Morgan fingerprint density at radius 3 is 2.52 bits per heavy atom. The molecule has 1 aromatic rings. The maximum atomic E-state index is 5.90. The van der Waals surface area contributed by atoms with E-state index in [4.69, 9.17) is 14.5 Å². The Bertz CT molecular complexity index is 651. The SMILES string of the molecule is CCNC(=NCc1ccc(C)cc1OCCOC)NCC(C)N1CCN(CC)CC1.I. The molecule has 8 heteroatoms. The molecule has 0 aliphatic carbocycles. The Morgan fingerprint density at radius 2 is 1.87 bits per heavy atom. The summed E-state index contributed by atoms with van der Waals surface area (Å²) in [5.41, 5.74) is 2.26. The highest BCUT2D eigenvalue weighted by Gasteiger charge is 2.20. The van der Waals surface area contributed by atoms with Gasteiger partial charge in [0.15, 0.2) is 5.96 Å². The van der Waals surface area contributed by atoms with E-state index < -0.39 is 0 Å². The first-order chi connectivity index (χ1) is 14.6. The van der Waals surface area contributed by atoms with Crippen molar-refractivity contribution >= 4 is 29.9 Å². The lowest BCUT2D eigenvalue weighted by atomic mass is 10.1. The summed E-state index contributed by atoms with van der Waals surface area (Å²) < 4.78 is 11.0. The smallest absolute Gasteiger partial charge is 0.191 e. The van der Waals surface area contributed by atoms with E-state index in [2.05, 4.69) is 66.3 Å². The summed E-state index contributed by atoms with van der Waals surface area (Å²) in [6.45, 7) is 17.8. The van der Waals surface area contributed by atoms with Gasteiger partial charge in [-0.15, -0.1) is 24.0 Å². The first-order valence-electron chi connectivity index (χ1n) is 11.3. The fraction of sp³-hybridized carbons (Fsp3) is 0.696. The molecule has 1 aliphatic rings. The Labute approximate surface area is 206 Å². The van der Waals surface area contributed by atoms with Gasteiger partial charge in [-0.1, -0.05) is 19.1 Å². The van der Waals surface area contributed by atoms with Crippen molar-refractivity contribution in [2.75, 3.05) is 66.1 Å². The molecule has 1 aromatic carbocycles. The highest BCUT2D eigenvalue weighted by Crippen LogP contribution is 2.21. The number of benzene rings is 1. The van der Waals surface area contributed by atoms with E-state index in [1.165, 1.54) is 5.56 Å². The van der Waals surface area contributed by atoms with Crippen LogP contribution in [0.25, 0.3) is 0 Å². The van der Waals surface area contributed by atoms with Gasteiger partial charge in [0, 0.05) is 58.0 Å². The molecule has 2 N–H and O–H groups in total. The summed E-state index contributed by atoms with van der Waals surface area (Å²) >= 11 is 0. The van der Waals surface area contributed by atoms with E-state index in [1.807, 2.05) is 0 Å². The molecule has 1 heterocycles. The predicted molar refractivity (Wildman–Crippen MR) is 140 cm³/mol. The van der Waals surface area contributed by atoms with Gasteiger partial charge < -0.3 is 25.0 Å². The third-order valence-corrected chi connectivity index (χ3v) is 5.56.